The van der Waals surface area contributed by atoms with Crippen LogP contribution in [0.4, 0.5) is 0 Å². The average molecular weight is 268 g/mol. The highest BCUT2D eigenvalue weighted by atomic mass is 16.4. The van der Waals surface area contributed by atoms with Crippen LogP contribution in [0.3, 0.4) is 0 Å². The van der Waals surface area contributed by atoms with Crippen molar-refractivity contribution in [2.75, 3.05) is 26.2 Å². The van der Waals surface area contributed by atoms with E-state index in [0.29, 0.717) is 31.6 Å². The van der Waals surface area contributed by atoms with Gasteiger partial charge < -0.3 is 20.8 Å². The van der Waals surface area contributed by atoms with Gasteiger partial charge in [-0.1, -0.05) is 19.2 Å². The quantitative estimate of drug-likeness (QED) is 0.411. The van der Waals surface area contributed by atoms with Gasteiger partial charge in [-0.05, 0) is 31.7 Å². The minimum Gasteiger partial charge on any atom is -0.480 e. The number of likely N-dealkylation sites (tertiary alicyclic amines) is 1. The number of aliphatic carboxylic acids is 1. The fraction of sp³-hybridized carbons (Fsp3) is 0.923. The van der Waals surface area contributed by atoms with Crippen molar-refractivity contribution < 1.29 is 15.0 Å². The fourth-order valence-corrected chi connectivity index (χ4v) is 2.55. The lowest BCUT2D eigenvalue weighted by atomic mass is 9.88. The molecule has 5 nitrogen and oxygen atoms in total. The fourth-order valence-electron chi connectivity index (χ4n) is 2.55. The van der Waals surface area contributed by atoms with Gasteiger partial charge in [0.05, 0.1) is 7.85 Å². The summed E-state index contributed by atoms with van der Waals surface area (Å²) in [5.74, 6) is -0.600. The van der Waals surface area contributed by atoms with Crippen molar-refractivity contribution in [1.82, 2.24) is 4.90 Å². The first-order chi connectivity index (χ1) is 9.01. The Labute approximate surface area is 116 Å². The Morgan fingerprint density at radius 3 is 2.68 bits per heavy atom. The Balaban J connectivity index is 2.39. The molecule has 108 valence electrons. The molecule has 1 fully saturated rings. The lowest BCUT2D eigenvalue weighted by Gasteiger charge is -2.27. The molecule has 1 aliphatic heterocycles. The van der Waals surface area contributed by atoms with Crippen LogP contribution in [0.15, 0.2) is 0 Å². The minimum absolute atomic E-state index is 0.208. The highest BCUT2D eigenvalue weighted by Gasteiger charge is 2.34. The van der Waals surface area contributed by atoms with E-state index in [9.17, 15) is 9.90 Å². The molecule has 4 N–H and O–H groups in total. The number of nitrogens with two attached hydrogens (primary N) is 1. The molecule has 2 unspecified atom stereocenters. The van der Waals surface area contributed by atoms with Crippen molar-refractivity contribution in [1.29, 1.82) is 0 Å². The smallest absolute Gasteiger partial charge is 0.323 e. The Kier molecular flexibility index (Phi) is 6.82. The third kappa shape index (κ3) is 5.13. The van der Waals surface area contributed by atoms with Crippen LogP contribution in [0.1, 0.15) is 32.1 Å². The summed E-state index contributed by atoms with van der Waals surface area (Å²) >= 11 is 0. The van der Waals surface area contributed by atoms with E-state index < -0.39 is 11.5 Å². The second-order valence-corrected chi connectivity index (χ2v) is 5.59. The van der Waals surface area contributed by atoms with Gasteiger partial charge in [0.25, 0.3) is 0 Å². The second kappa shape index (κ2) is 7.87. The molecule has 0 aromatic rings. The number of hydrogen-bond donors (Lipinski definition) is 3. The standard InChI is InChI=1S/C13H25BN2O3/c14-6-2-1-4-13(15,12(18)19)5-8-16-7-3-11(9-16)10-17/h11,17H,1-10,15H2,(H,18,19). The molecule has 1 saturated heterocycles. The van der Waals surface area contributed by atoms with E-state index in [1.807, 2.05) is 0 Å². The molecular weight excluding hydrogens is 243 g/mol. The van der Waals surface area contributed by atoms with Gasteiger partial charge in [0.1, 0.15) is 5.54 Å². The lowest BCUT2D eigenvalue weighted by molar-refractivity contribution is -0.144. The van der Waals surface area contributed by atoms with Crippen molar-refractivity contribution in [3.8, 4) is 0 Å². The van der Waals surface area contributed by atoms with Gasteiger partial charge in [0, 0.05) is 19.7 Å². The number of unbranched alkanes of at least 4 members (excludes halogenated alkanes) is 1. The Morgan fingerprint density at radius 2 is 2.16 bits per heavy atom. The summed E-state index contributed by atoms with van der Waals surface area (Å²) in [7, 11) is 5.42. The molecular formula is C13H25BN2O3. The zero-order valence-electron chi connectivity index (χ0n) is 11.6. The third-order valence-corrected chi connectivity index (χ3v) is 4.01. The van der Waals surface area contributed by atoms with Gasteiger partial charge in [0.15, 0.2) is 0 Å². The summed E-state index contributed by atoms with van der Waals surface area (Å²) in [4.78, 5) is 13.5. The molecule has 0 aromatic carbocycles. The van der Waals surface area contributed by atoms with Crippen LogP contribution in [0.2, 0.25) is 6.32 Å². The largest absolute Gasteiger partial charge is 0.480 e. The lowest BCUT2D eigenvalue weighted by Crippen LogP contribution is -2.50. The number of carbonyl (C=O) groups is 1. The molecule has 0 aliphatic carbocycles. The van der Waals surface area contributed by atoms with Gasteiger partial charge in [-0.25, -0.2) is 0 Å². The summed E-state index contributed by atoms with van der Waals surface area (Å²) in [6.07, 6.45) is 4.03. The Hall–Kier alpha value is -0.585. The highest BCUT2D eigenvalue weighted by molar-refractivity contribution is 6.08. The Bertz CT molecular complexity index is 291. The summed E-state index contributed by atoms with van der Waals surface area (Å²) in [5.41, 5.74) is 4.86. The van der Waals surface area contributed by atoms with E-state index in [1.165, 1.54) is 0 Å². The number of aliphatic hydroxyl groups excluding tert-OH is 1. The van der Waals surface area contributed by atoms with Crippen LogP contribution >= 0.6 is 0 Å². The zero-order valence-corrected chi connectivity index (χ0v) is 11.6. The van der Waals surface area contributed by atoms with Crippen LogP contribution in [-0.2, 0) is 4.79 Å². The molecule has 0 amide bonds. The number of carboxylic acid groups (broad SMARTS) is 1. The maximum Gasteiger partial charge on any atom is 0.323 e. The second-order valence-electron chi connectivity index (χ2n) is 5.59. The molecule has 6 heteroatoms. The van der Waals surface area contributed by atoms with Crippen LogP contribution in [0, 0.1) is 5.92 Å². The Morgan fingerprint density at radius 1 is 1.42 bits per heavy atom. The molecule has 1 rings (SSSR count). The molecule has 0 aromatic heterocycles. The van der Waals surface area contributed by atoms with E-state index in [0.717, 1.165) is 32.4 Å². The molecule has 0 bridgehead atoms. The van der Waals surface area contributed by atoms with E-state index in [2.05, 4.69) is 4.90 Å². The van der Waals surface area contributed by atoms with Crippen LogP contribution in [-0.4, -0.2) is 60.7 Å². The van der Waals surface area contributed by atoms with Crippen molar-refractivity contribution in [3.05, 3.63) is 0 Å². The first kappa shape index (κ1) is 16.5. The summed E-state index contributed by atoms with van der Waals surface area (Å²) < 4.78 is 0. The number of aliphatic hydroxyl groups is 1. The van der Waals surface area contributed by atoms with Crippen molar-refractivity contribution in [2.45, 2.75) is 44.0 Å². The molecule has 19 heavy (non-hydrogen) atoms. The SMILES string of the molecule is [B]CCCCC(N)(CCN1CCC(CO)C1)C(=O)O. The van der Waals surface area contributed by atoms with Crippen molar-refractivity contribution >= 4 is 13.8 Å². The number of rotatable bonds is 9. The predicted octanol–water partition coefficient (Wildman–Crippen LogP) is 0.230. The van der Waals surface area contributed by atoms with Gasteiger partial charge >= 0.3 is 5.97 Å². The third-order valence-electron chi connectivity index (χ3n) is 4.01. The maximum absolute atomic E-state index is 11.3. The van der Waals surface area contributed by atoms with E-state index in [-0.39, 0.29) is 6.61 Å². The predicted molar refractivity (Wildman–Crippen MR) is 75.2 cm³/mol. The molecule has 2 radical (unpaired) electrons. The summed E-state index contributed by atoms with van der Waals surface area (Å²) in [6.45, 7) is 2.65. The molecule has 0 spiro atoms. The summed E-state index contributed by atoms with van der Waals surface area (Å²) in [6, 6.07) is 0. The van der Waals surface area contributed by atoms with Crippen LogP contribution < -0.4 is 5.73 Å². The van der Waals surface area contributed by atoms with E-state index in [4.69, 9.17) is 18.7 Å². The topological polar surface area (TPSA) is 86.8 Å². The molecule has 0 saturated carbocycles. The first-order valence-corrected chi connectivity index (χ1v) is 7.07. The number of carboxylic acids is 1. The van der Waals surface area contributed by atoms with E-state index >= 15 is 0 Å². The number of nitrogens with zero attached hydrogens (tertiary/aromatic N) is 1. The van der Waals surface area contributed by atoms with Crippen LogP contribution in [0.5, 0.6) is 0 Å². The molecule has 2 atom stereocenters. The monoisotopic (exact) mass is 268 g/mol. The minimum atomic E-state index is -1.15. The van der Waals surface area contributed by atoms with Gasteiger partial charge in [0.2, 0.25) is 0 Å². The molecule has 1 aliphatic rings. The molecule has 1 heterocycles. The van der Waals surface area contributed by atoms with Gasteiger partial charge in [-0.2, -0.15) is 0 Å². The first-order valence-electron chi connectivity index (χ1n) is 7.07. The number of hydrogen-bond acceptors (Lipinski definition) is 4. The summed E-state index contributed by atoms with van der Waals surface area (Å²) in [5, 5.41) is 18.4. The van der Waals surface area contributed by atoms with Crippen molar-refractivity contribution in [3.63, 3.8) is 0 Å². The van der Waals surface area contributed by atoms with E-state index in [1.54, 1.807) is 0 Å². The van der Waals surface area contributed by atoms with Gasteiger partial charge in [-0.3, -0.25) is 4.79 Å². The highest BCUT2D eigenvalue weighted by Crippen LogP contribution is 2.21. The maximum atomic E-state index is 11.3. The normalized spacial score (nSPS) is 23.4. The zero-order chi connectivity index (χ0) is 14.3. The van der Waals surface area contributed by atoms with Gasteiger partial charge in [-0.15, -0.1) is 0 Å². The average Bonchev–Trinajstić information content (AvgIpc) is 2.84. The van der Waals surface area contributed by atoms with Crippen molar-refractivity contribution in [2.24, 2.45) is 11.7 Å². The van der Waals surface area contributed by atoms with Crippen LogP contribution in [0.25, 0.3) is 0 Å².